The highest BCUT2D eigenvalue weighted by Crippen LogP contribution is 2.58. The van der Waals surface area contributed by atoms with Crippen LogP contribution in [0.1, 0.15) is 0 Å². The smallest absolute Gasteiger partial charge is 0.171 e. The Morgan fingerprint density at radius 1 is 0.280 bits per heavy atom. The second kappa shape index (κ2) is 30.0. The van der Waals surface area contributed by atoms with E-state index < -0.39 is 30.1 Å². The summed E-state index contributed by atoms with van der Waals surface area (Å²) >= 11 is 0. The van der Waals surface area contributed by atoms with E-state index >= 15 is 9.13 Å². The van der Waals surface area contributed by atoms with Crippen LogP contribution in [-0.4, -0.2) is 91.3 Å². The molecule has 12 nitrogen and oxygen atoms in total. The quantitative estimate of drug-likeness (QED) is 0.0612. The maximum atomic E-state index is 16.3. The molecule has 16 heteroatoms. The van der Waals surface area contributed by atoms with Crippen LogP contribution in [0.5, 0.6) is 23.0 Å². The molecular weight excluding hydrogens is 1320 g/mol. The van der Waals surface area contributed by atoms with Crippen molar-refractivity contribution in [1.82, 2.24) is 0 Å². The molecular formula is C84H78N4O8P4. The maximum absolute atomic E-state index is 16.3. The summed E-state index contributed by atoms with van der Waals surface area (Å²) in [6, 6.07) is 100.0. The summed E-state index contributed by atoms with van der Waals surface area (Å²) in [5.74, 6) is 3.12. The van der Waals surface area contributed by atoms with E-state index in [0.717, 1.165) is 58.5 Å². The predicted octanol–water partition coefficient (Wildman–Crippen LogP) is 12.8. The minimum atomic E-state index is -3.57. The van der Waals surface area contributed by atoms with Crippen molar-refractivity contribution in [3.8, 4) is 45.3 Å². The molecule has 0 saturated heterocycles. The van der Waals surface area contributed by atoms with E-state index in [0.29, 0.717) is 94.0 Å². The molecule has 0 atom stereocenters. The lowest BCUT2D eigenvalue weighted by Crippen LogP contribution is -2.35. The second-order valence-electron chi connectivity index (χ2n) is 24.9. The van der Waals surface area contributed by atoms with Gasteiger partial charge < -0.3 is 47.7 Å². The molecule has 4 heterocycles. The first-order chi connectivity index (χ1) is 49.1. The van der Waals surface area contributed by atoms with Crippen molar-refractivity contribution in [2.24, 2.45) is 0 Å². The fourth-order valence-corrected chi connectivity index (χ4v) is 24.7. The highest BCUT2D eigenvalue weighted by Gasteiger charge is 2.43. The molecule has 0 fully saturated rings. The summed E-state index contributed by atoms with van der Waals surface area (Å²) in [7, 11) is -0.590. The lowest BCUT2D eigenvalue weighted by molar-refractivity contribution is -0.176. The molecule has 12 aromatic rings. The normalized spacial score (nSPS) is 13.9. The van der Waals surface area contributed by atoms with E-state index in [9.17, 15) is 0 Å². The third-order valence-corrected chi connectivity index (χ3v) is 30.2. The van der Waals surface area contributed by atoms with E-state index in [4.69, 9.17) is 29.5 Å². The zero-order chi connectivity index (χ0) is 68.7. The highest BCUT2D eigenvalue weighted by atomic mass is 31.2. The van der Waals surface area contributed by atoms with Crippen molar-refractivity contribution in [2.45, 2.75) is 0 Å². The molecule has 0 saturated carbocycles. The number of fused-ring (bicyclic) bond motifs is 4. The van der Waals surface area contributed by atoms with Gasteiger partial charge in [-0.2, -0.15) is 0 Å². The minimum Gasteiger partial charge on any atom is -0.489 e. The molecule has 0 spiro atoms. The SMILES string of the molecule is CN1CCOc2c1ccc(P(=O)(c1ccccc1)c1ccccc1)c2-c1c(P(=O)(c2ccccc2)c2ccccc2)ccc2c1OCCN2C.CN1CCOc2c1ccc(P(c1ccccc1)c1ccccc1)c2-c1c(P(c2ccccc2)c2ccccc2)ccc2c1OCCN2C.OO. The molecule has 100 heavy (non-hydrogen) atoms. The number of hydrogen-bond acceptors (Lipinski definition) is 12. The summed E-state index contributed by atoms with van der Waals surface area (Å²) in [6.45, 7) is 5.24. The zero-order valence-electron chi connectivity index (χ0n) is 56.3. The van der Waals surface area contributed by atoms with Gasteiger partial charge in [0.15, 0.2) is 37.3 Å². The first-order valence-electron chi connectivity index (χ1n) is 33.6. The Hall–Kier alpha value is -9.72. The monoisotopic (exact) mass is 1390 g/mol. The maximum Gasteiger partial charge on any atom is 0.171 e. The van der Waals surface area contributed by atoms with Crippen LogP contribution >= 0.6 is 30.1 Å². The van der Waals surface area contributed by atoms with Gasteiger partial charge in [-0.3, -0.25) is 10.5 Å². The van der Waals surface area contributed by atoms with E-state index in [1.54, 1.807) is 0 Å². The molecule has 0 bridgehead atoms. The van der Waals surface area contributed by atoms with Crippen LogP contribution in [-0.2, 0) is 9.13 Å². The Balaban J connectivity index is 0.000000166. The molecule has 0 radical (unpaired) electrons. The number of likely N-dealkylation sites (N-methyl/N-ethyl adjacent to an activating group) is 4. The summed E-state index contributed by atoms with van der Waals surface area (Å²) in [6.07, 6.45) is 0. The van der Waals surface area contributed by atoms with Gasteiger partial charge in [-0.1, -0.05) is 255 Å². The third-order valence-electron chi connectivity index (χ3n) is 19.0. The number of rotatable bonds is 14. The predicted molar refractivity (Wildman–Crippen MR) is 420 cm³/mol. The molecule has 502 valence electrons. The van der Waals surface area contributed by atoms with Gasteiger partial charge in [-0.05, 0) is 84.1 Å². The van der Waals surface area contributed by atoms with Crippen molar-refractivity contribution < 1.29 is 38.6 Å². The highest BCUT2D eigenvalue weighted by molar-refractivity contribution is 7.86. The average molecular weight is 1400 g/mol. The molecule has 0 aliphatic carbocycles. The number of ether oxygens (including phenoxy) is 4. The fourth-order valence-electron chi connectivity index (χ4n) is 14.1. The van der Waals surface area contributed by atoms with Gasteiger partial charge in [0.25, 0.3) is 0 Å². The molecule has 0 aromatic heterocycles. The van der Waals surface area contributed by atoms with Crippen molar-refractivity contribution in [1.29, 1.82) is 0 Å². The molecule has 4 aliphatic rings. The summed E-state index contributed by atoms with van der Waals surface area (Å²) < 4.78 is 59.6. The van der Waals surface area contributed by atoms with Crippen molar-refractivity contribution in [3.05, 3.63) is 291 Å². The molecule has 0 amide bonds. The summed E-state index contributed by atoms with van der Waals surface area (Å²) in [5.41, 5.74) is 7.60. The topological polar surface area (TPSA) is 124 Å². The van der Waals surface area contributed by atoms with Crippen LogP contribution in [0.2, 0.25) is 0 Å². The number of benzene rings is 12. The van der Waals surface area contributed by atoms with Crippen LogP contribution in [0.15, 0.2) is 291 Å². The fraction of sp³-hybridized carbons (Fsp3) is 0.143. The van der Waals surface area contributed by atoms with E-state index in [-0.39, 0.29) is 0 Å². The van der Waals surface area contributed by atoms with E-state index in [2.05, 4.69) is 179 Å². The van der Waals surface area contributed by atoms with E-state index in [1.807, 2.05) is 160 Å². The van der Waals surface area contributed by atoms with Gasteiger partial charge >= 0.3 is 0 Å². The van der Waals surface area contributed by atoms with Crippen LogP contribution in [0.3, 0.4) is 0 Å². The molecule has 4 aliphatic heterocycles. The zero-order valence-corrected chi connectivity index (χ0v) is 59.9. The molecule has 12 aromatic carbocycles. The van der Waals surface area contributed by atoms with Gasteiger partial charge in [-0.25, -0.2) is 0 Å². The Morgan fingerprint density at radius 3 is 0.730 bits per heavy atom. The van der Waals surface area contributed by atoms with Gasteiger partial charge in [0.05, 0.1) is 48.9 Å². The van der Waals surface area contributed by atoms with Crippen molar-refractivity contribution in [3.63, 3.8) is 0 Å². The molecule has 0 unspecified atom stereocenters. The van der Waals surface area contributed by atoms with Crippen LogP contribution in [0.4, 0.5) is 22.7 Å². The van der Waals surface area contributed by atoms with Crippen LogP contribution in [0.25, 0.3) is 22.3 Å². The van der Waals surface area contributed by atoms with Crippen LogP contribution < -0.4 is 102 Å². The van der Waals surface area contributed by atoms with Crippen molar-refractivity contribution >= 4 is 117 Å². The summed E-state index contributed by atoms with van der Waals surface area (Å²) in [5, 5.41) is 23.8. The first kappa shape index (κ1) is 67.5. The van der Waals surface area contributed by atoms with Gasteiger partial charge in [-0.15, -0.1) is 0 Å². The Morgan fingerprint density at radius 2 is 0.490 bits per heavy atom. The molecule has 2 N–H and O–H groups in total. The average Bonchev–Trinajstić information content (AvgIpc) is 0.715. The lowest BCUT2D eigenvalue weighted by atomic mass is 9.99. The van der Waals surface area contributed by atoms with Crippen LogP contribution in [0, 0.1) is 0 Å². The van der Waals surface area contributed by atoms with Crippen molar-refractivity contribution in [2.75, 3.05) is 100 Å². The van der Waals surface area contributed by atoms with Gasteiger partial charge in [0, 0.05) is 82.3 Å². The molecule has 16 rings (SSSR count). The van der Waals surface area contributed by atoms with E-state index in [1.165, 1.54) is 31.8 Å². The standard InChI is InChI=1S/C42H38N2O4P2.C42H38N2O2P2.H2O2/c1-43-27-29-47-41-35(43)23-25-37(49(45,31-15-7-3-8-16-31)32-17-9-4-10-18-32)39(41)40-38(26-24-36-42(40)48-30-28-44(36)2)50(46,33-19-11-5-12-20-33)34-21-13-6-14-22-34;1-43-27-29-45-41-35(43)23-25-37(47(31-15-7-3-8-16-31)32-17-9-4-10-18-32)39(41)40-38(26-24-36-42(40)46-30-28-44(36)2)48(33-19-11-5-12-20-33)34-21-13-6-14-22-34;1-2/h3-26H,27-30H2,1-2H3;3-26H,27-30H2,1-2H3;1-2H. The first-order valence-corrected chi connectivity index (χ1v) is 39.7. The number of nitrogens with zero attached hydrogens (tertiary/aromatic N) is 4. The Bertz CT molecular complexity index is 4440. The van der Waals surface area contributed by atoms with Gasteiger partial charge in [0.2, 0.25) is 0 Å². The lowest BCUT2D eigenvalue weighted by Gasteiger charge is -2.36. The summed E-state index contributed by atoms with van der Waals surface area (Å²) in [4.78, 5) is 8.99. The number of anilines is 4. The number of hydrogen-bond donors (Lipinski definition) is 2. The largest absolute Gasteiger partial charge is 0.489 e. The Labute approximate surface area is 588 Å². The third kappa shape index (κ3) is 12.7. The minimum absolute atomic E-state index is 0.446. The Kier molecular flexibility index (Phi) is 20.2. The second-order valence-corrected chi connectivity index (χ2v) is 34.7. The van der Waals surface area contributed by atoms with Gasteiger partial charge in [0.1, 0.15) is 26.4 Å².